The lowest BCUT2D eigenvalue weighted by molar-refractivity contribution is 0.102. The summed E-state index contributed by atoms with van der Waals surface area (Å²) < 4.78 is 32.5. The Hall–Kier alpha value is -3.20. The van der Waals surface area contributed by atoms with E-state index in [0.717, 1.165) is 21.9 Å². The molecule has 0 spiro atoms. The molecule has 0 atom stereocenters. The van der Waals surface area contributed by atoms with Gasteiger partial charge in [0.05, 0.1) is 40.4 Å². The predicted octanol–water partition coefficient (Wildman–Crippen LogP) is 5.27. The molecule has 0 saturated carbocycles. The zero-order chi connectivity index (χ0) is 29.7. The van der Waals surface area contributed by atoms with Crippen LogP contribution in [-0.2, 0) is 23.1 Å². The molecular formula is C25H23Cl3N6O5S2. The zero-order valence-electron chi connectivity index (χ0n) is 21.6. The van der Waals surface area contributed by atoms with Crippen LogP contribution in [0, 0.1) is 0 Å². The molecule has 0 aliphatic heterocycles. The quantitative estimate of drug-likeness (QED) is 0.224. The van der Waals surface area contributed by atoms with E-state index in [1.54, 1.807) is 34.7 Å². The number of halogens is 3. The van der Waals surface area contributed by atoms with E-state index in [-0.39, 0.29) is 50.9 Å². The van der Waals surface area contributed by atoms with E-state index < -0.39 is 21.8 Å². The molecule has 11 nitrogen and oxygen atoms in total. The van der Waals surface area contributed by atoms with Crippen LogP contribution in [0.1, 0.15) is 25.6 Å². The molecule has 3 aromatic heterocycles. The van der Waals surface area contributed by atoms with Crippen molar-refractivity contribution in [1.82, 2.24) is 18.8 Å². The first kappa shape index (κ1) is 30.8. The number of benzene rings is 1. The topological polar surface area (TPSA) is 136 Å². The van der Waals surface area contributed by atoms with Gasteiger partial charge in [-0.05, 0) is 29.1 Å². The van der Waals surface area contributed by atoms with Crippen LogP contribution in [0.3, 0.4) is 0 Å². The van der Waals surface area contributed by atoms with Gasteiger partial charge in [-0.3, -0.25) is 9.59 Å². The van der Waals surface area contributed by atoms with Crippen LogP contribution < -0.4 is 15.4 Å². The number of amides is 2. The van der Waals surface area contributed by atoms with Crippen LogP contribution >= 0.6 is 46.1 Å². The van der Waals surface area contributed by atoms with E-state index in [1.165, 1.54) is 31.4 Å². The minimum atomic E-state index is -3.47. The number of anilines is 2. The molecule has 0 unspecified atom stereocenters. The maximum atomic E-state index is 13.4. The van der Waals surface area contributed by atoms with Crippen molar-refractivity contribution >= 4 is 79.5 Å². The highest BCUT2D eigenvalue weighted by atomic mass is 35.5. The Bertz CT molecular complexity index is 1660. The first-order valence-corrected chi connectivity index (χ1v) is 15.6. The maximum absolute atomic E-state index is 13.4. The van der Waals surface area contributed by atoms with Crippen molar-refractivity contribution in [1.29, 1.82) is 0 Å². The van der Waals surface area contributed by atoms with E-state index in [1.807, 2.05) is 0 Å². The summed E-state index contributed by atoms with van der Waals surface area (Å²) in [6.07, 6.45) is 7.46. The molecule has 16 heteroatoms. The van der Waals surface area contributed by atoms with Gasteiger partial charge in [-0.15, -0.1) is 11.3 Å². The maximum Gasteiger partial charge on any atom is 0.267 e. The SMILES string of the molecule is CN(Cc1csc(C(=O)Nc2c(OCCn3ccnc3)cc(Cl)cc2C(=O)Nc2ccc(Cl)cn2)c1Cl)S(C)(=O)=O. The molecule has 41 heavy (non-hydrogen) atoms. The number of hydrogen-bond donors (Lipinski definition) is 2. The third-order valence-corrected chi connectivity index (χ3v) is 8.93. The molecule has 0 aliphatic rings. The number of imidazole rings is 1. The number of pyridine rings is 1. The average Bonchev–Trinajstić information content (AvgIpc) is 3.56. The Labute approximate surface area is 255 Å². The molecule has 0 aliphatic carbocycles. The fourth-order valence-corrected chi connectivity index (χ4v) is 5.42. The minimum Gasteiger partial charge on any atom is -0.489 e. The van der Waals surface area contributed by atoms with Gasteiger partial charge < -0.3 is 19.9 Å². The summed E-state index contributed by atoms with van der Waals surface area (Å²) in [4.78, 5) is 34.9. The molecule has 2 N–H and O–H groups in total. The number of carbonyl (C=O) groups excluding carboxylic acids is 2. The van der Waals surface area contributed by atoms with Crippen molar-refractivity contribution < 1.29 is 22.7 Å². The van der Waals surface area contributed by atoms with E-state index in [0.29, 0.717) is 17.1 Å². The van der Waals surface area contributed by atoms with Crippen molar-refractivity contribution in [2.75, 3.05) is 30.5 Å². The summed E-state index contributed by atoms with van der Waals surface area (Å²) >= 11 is 19.7. The first-order valence-electron chi connectivity index (χ1n) is 11.8. The van der Waals surface area contributed by atoms with Gasteiger partial charge >= 0.3 is 0 Å². The molecule has 216 valence electrons. The lowest BCUT2D eigenvalue weighted by Crippen LogP contribution is -2.24. The highest BCUT2D eigenvalue weighted by Crippen LogP contribution is 2.36. The van der Waals surface area contributed by atoms with Crippen LogP contribution in [0.25, 0.3) is 0 Å². The van der Waals surface area contributed by atoms with Crippen molar-refractivity contribution in [2.24, 2.45) is 0 Å². The smallest absolute Gasteiger partial charge is 0.267 e. The molecule has 4 aromatic rings. The van der Waals surface area contributed by atoms with Gasteiger partial charge in [0.15, 0.2) is 0 Å². The van der Waals surface area contributed by atoms with Gasteiger partial charge in [0, 0.05) is 43.3 Å². The average molecular weight is 658 g/mol. The monoisotopic (exact) mass is 656 g/mol. The van der Waals surface area contributed by atoms with Gasteiger partial charge in [-0.25, -0.2) is 22.7 Å². The Morgan fingerprint density at radius 3 is 2.56 bits per heavy atom. The number of ether oxygens (including phenoxy) is 1. The fraction of sp³-hybridized carbons (Fsp3) is 0.200. The molecule has 4 rings (SSSR count). The summed E-state index contributed by atoms with van der Waals surface area (Å²) in [6.45, 7) is 0.581. The van der Waals surface area contributed by atoms with Crippen LogP contribution in [0.5, 0.6) is 5.75 Å². The zero-order valence-corrected chi connectivity index (χ0v) is 25.5. The Morgan fingerprint density at radius 2 is 1.90 bits per heavy atom. The highest BCUT2D eigenvalue weighted by molar-refractivity contribution is 7.88. The third kappa shape index (κ3) is 7.97. The number of rotatable bonds is 11. The Morgan fingerprint density at radius 1 is 1.12 bits per heavy atom. The lowest BCUT2D eigenvalue weighted by Gasteiger charge is -2.17. The molecule has 1 aromatic carbocycles. The van der Waals surface area contributed by atoms with Crippen LogP contribution in [0.2, 0.25) is 15.1 Å². The molecule has 0 fully saturated rings. The molecule has 2 amide bonds. The van der Waals surface area contributed by atoms with E-state index in [9.17, 15) is 18.0 Å². The van der Waals surface area contributed by atoms with E-state index in [4.69, 9.17) is 39.5 Å². The van der Waals surface area contributed by atoms with Gasteiger partial charge in [0.1, 0.15) is 23.1 Å². The van der Waals surface area contributed by atoms with Crippen molar-refractivity contribution in [2.45, 2.75) is 13.1 Å². The van der Waals surface area contributed by atoms with Gasteiger partial charge in [0.25, 0.3) is 11.8 Å². The number of hydrogen-bond acceptors (Lipinski definition) is 8. The molecular weight excluding hydrogens is 635 g/mol. The number of thiophene rings is 1. The third-order valence-electron chi connectivity index (χ3n) is 5.65. The second kappa shape index (κ2) is 13.2. The van der Waals surface area contributed by atoms with Crippen molar-refractivity contribution in [3.05, 3.63) is 85.6 Å². The molecule has 0 bridgehead atoms. The fourth-order valence-electron chi connectivity index (χ4n) is 3.48. The molecule has 0 saturated heterocycles. The summed E-state index contributed by atoms with van der Waals surface area (Å²) in [5, 5.41) is 7.66. The van der Waals surface area contributed by atoms with Crippen molar-refractivity contribution in [3.8, 4) is 5.75 Å². The first-order chi connectivity index (χ1) is 19.4. The van der Waals surface area contributed by atoms with Crippen LogP contribution in [0.4, 0.5) is 11.5 Å². The number of carbonyl (C=O) groups is 2. The molecule has 0 radical (unpaired) electrons. The lowest BCUT2D eigenvalue weighted by atomic mass is 10.1. The Balaban J connectivity index is 1.65. The van der Waals surface area contributed by atoms with Gasteiger partial charge in [-0.1, -0.05) is 34.8 Å². The van der Waals surface area contributed by atoms with Crippen molar-refractivity contribution in [3.63, 3.8) is 0 Å². The number of aromatic nitrogens is 3. The van der Waals surface area contributed by atoms with Gasteiger partial charge in [0.2, 0.25) is 10.0 Å². The van der Waals surface area contributed by atoms with Gasteiger partial charge in [-0.2, -0.15) is 0 Å². The number of sulfonamides is 1. The van der Waals surface area contributed by atoms with E-state index >= 15 is 0 Å². The largest absolute Gasteiger partial charge is 0.489 e. The van der Waals surface area contributed by atoms with E-state index in [2.05, 4.69) is 20.6 Å². The minimum absolute atomic E-state index is 0.00458. The highest BCUT2D eigenvalue weighted by Gasteiger charge is 2.25. The molecule has 3 heterocycles. The predicted molar refractivity (Wildman–Crippen MR) is 160 cm³/mol. The Kier molecular flexibility index (Phi) is 9.89. The number of nitrogens with one attached hydrogen (secondary N) is 2. The summed E-state index contributed by atoms with van der Waals surface area (Å²) in [5.41, 5.74) is 0.509. The van der Waals surface area contributed by atoms with Crippen LogP contribution in [0.15, 0.2) is 54.6 Å². The summed E-state index contributed by atoms with van der Waals surface area (Å²) in [7, 11) is -2.06. The second-order valence-electron chi connectivity index (χ2n) is 8.67. The normalized spacial score (nSPS) is 11.5. The standard InChI is InChI=1S/C25H23Cl3N6O5S2/c1-33(41(2,37)38)12-15-13-40-23(21(15)28)25(36)32-22-18(24(35)31-20-4-3-16(26)11-30-20)9-17(27)10-19(22)39-8-7-34-6-5-29-14-34/h3-6,9-11,13-14H,7-8,12H2,1-2H3,(H,32,36)(H,30,31,35). The number of nitrogens with zero attached hydrogens (tertiary/aromatic N) is 4. The second-order valence-corrected chi connectivity index (χ2v) is 12.9. The summed E-state index contributed by atoms with van der Waals surface area (Å²) in [6, 6.07) is 5.94. The summed E-state index contributed by atoms with van der Waals surface area (Å²) in [5.74, 6) is -0.886. The van der Waals surface area contributed by atoms with Crippen LogP contribution in [-0.4, -0.2) is 59.0 Å².